The molecule has 3 aromatic rings. The molecular weight excluding hydrogens is 388 g/mol. The third-order valence-electron chi connectivity index (χ3n) is 4.35. The van der Waals surface area contributed by atoms with Crippen LogP contribution in [0.25, 0.3) is 0 Å². The summed E-state index contributed by atoms with van der Waals surface area (Å²) >= 11 is 0. The third kappa shape index (κ3) is 5.09. The van der Waals surface area contributed by atoms with E-state index in [1.54, 1.807) is 0 Å². The van der Waals surface area contributed by atoms with Crippen LogP contribution in [0.4, 0.5) is 5.69 Å². The van der Waals surface area contributed by atoms with Gasteiger partial charge in [0.25, 0.3) is 11.5 Å². The van der Waals surface area contributed by atoms with Crippen LogP contribution < -0.4 is 16.2 Å². The quantitative estimate of drug-likeness (QED) is 0.352. The number of aromatic amines is 1. The van der Waals surface area contributed by atoms with Crippen molar-refractivity contribution in [3.05, 3.63) is 94.2 Å². The molecule has 0 fully saturated rings. The van der Waals surface area contributed by atoms with Crippen LogP contribution >= 0.6 is 0 Å². The van der Waals surface area contributed by atoms with E-state index in [2.05, 4.69) is 20.6 Å². The molecule has 2 aromatic carbocycles. The number of amides is 1. The molecule has 0 saturated heterocycles. The van der Waals surface area contributed by atoms with Crippen LogP contribution in [0, 0.1) is 0 Å². The number of aliphatic carboxylic acids is 1. The highest BCUT2D eigenvalue weighted by molar-refractivity contribution is 5.92. The monoisotopic (exact) mass is 408 g/mol. The summed E-state index contributed by atoms with van der Waals surface area (Å²) in [5.41, 5.74) is 0.981. The van der Waals surface area contributed by atoms with Crippen molar-refractivity contribution in [1.29, 1.82) is 0 Å². The molecule has 1 unspecified atom stereocenters. The minimum absolute atomic E-state index is 0.0332. The van der Waals surface area contributed by atoms with Crippen molar-refractivity contribution < 1.29 is 19.8 Å². The molecule has 0 saturated carbocycles. The van der Waals surface area contributed by atoms with E-state index in [0.717, 1.165) is 17.3 Å². The van der Waals surface area contributed by atoms with Crippen molar-refractivity contribution >= 4 is 17.6 Å². The number of carboxylic acid groups (broad SMARTS) is 1. The van der Waals surface area contributed by atoms with Gasteiger partial charge in [0.05, 0.1) is 12.1 Å². The minimum Gasteiger partial charge on any atom is -0.480 e. The number of hydrogen-bond donors (Lipinski definition) is 5. The van der Waals surface area contributed by atoms with Crippen LogP contribution in [0.15, 0.2) is 71.7 Å². The number of aromatic nitrogens is 2. The highest BCUT2D eigenvalue weighted by Crippen LogP contribution is 2.28. The van der Waals surface area contributed by atoms with E-state index in [0.29, 0.717) is 0 Å². The van der Waals surface area contributed by atoms with Crippen molar-refractivity contribution in [2.75, 3.05) is 11.9 Å². The number of nitrogens with zero attached hydrogens (tertiary/aromatic N) is 1. The third-order valence-corrected chi connectivity index (χ3v) is 4.35. The summed E-state index contributed by atoms with van der Waals surface area (Å²) in [4.78, 5) is 40.8. The molecular formula is C21H20N4O5. The molecule has 0 bridgehead atoms. The number of aliphatic hydroxyl groups is 1. The first-order valence-corrected chi connectivity index (χ1v) is 9.09. The SMILES string of the molecule is O=C(O)CNC(=O)c1ncc(NC(O)C(c2ccccc2)c2ccccc2)c(=O)[nH]1. The Kier molecular flexibility index (Phi) is 6.56. The van der Waals surface area contributed by atoms with Crippen LogP contribution in [0.2, 0.25) is 0 Å². The number of benzene rings is 2. The fourth-order valence-corrected chi connectivity index (χ4v) is 2.97. The molecule has 154 valence electrons. The van der Waals surface area contributed by atoms with Crippen LogP contribution in [0.5, 0.6) is 0 Å². The van der Waals surface area contributed by atoms with Gasteiger partial charge in [-0.1, -0.05) is 60.7 Å². The Labute approximate surface area is 171 Å². The molecule has 1 atom stereocenters. The van der Waals surface area contributed by atoms with Crippen molar-refractivity contribution in [3.63, 3.8) is 0 Å². The van der Waals surface area contributed by atoms with Crippen LogP contribution in [-0.4, -0.2) is 44.8 Å². The van der Waals surface area contributed by atoms with Gasteiger partial charge in [-0.25, -0.2) is 4.98 Å². The van der Waals surface area contributed by atoms with E-state index >= 15 is 0 Å². The molecule has 30 heavy (non-hydrogen) atoms. The lowest BCUT2D eigenvalue weighted by molar-refractivity contribution is -0.135. The Hall–Kier alpha value is -3.98. The lowest BCUT2D eigenvalue weighted by Crippen LogP contribution is -2.34. The zero-order valence-corrected chi connectivity index (χ0v) is 15.8. The summed E-state index contributed by atoms with van der Waals surface area (Å²) in [6.45, 7) is -0.600. The summed E-state index contributed by atoms with van der Waals surface area (Å²) in [5.74, 6) is -2.85. The molecule has 0 aliphatic rings. The van der Waals surface area contributed by atoms with Crippen LogP contribution in [-0.2, 0) is 4.79 Å². The average Bonchev–Trinajstić information content (AvgIpc) is 2.75. The molecule has 5 N–H and O–H groups in total. The van der Waals surface area contributed by atoms with E-state index in [-0.39, 0.29) is 11.5 Å². The average molecular weight is 408 g/mol. The first kappa shape index (κ1) is 20.7. The molecule has 9 heteroatoms. The molecule has 9 nitrogen and oxygen atoms in total. The van der Waals surface area contributed by atoms with E-state index in [9.17, 15) is 19.5 Å². The molecule has 1 heterocycles. The van der Waals surface area contributed by atoms with Crippen LogP contribution in [0.3, 0.4) is 0 Å². The van der Waals surface area contributed by atoms with Gasteiger partial charge < -0.3 is 25.8 Å². The van der Waals surface area contributed by atoms with Gasteiger partial charge in [-0.05, 0) is 11.1 Å². The van der Waals surface area contributed by atoms with Gasteiger partial charge in [0.2, 0.25) is 0 Å². The van der Waals surface area contributed by atoms with Gasteiger partial charge in [0.15, 0.2) is 5.82 Å². The number of carboxylic acids is 1. The van der Waals surface area contributed by atoms with Crippen molar-refractivity contribution in [2.24, 2.45) is 0 Å². The van der Waals surface area contributed by atoms with E-state index in [1.165, 1.54) is 0 Å². The van der Waals surface area contributed by atoms with Crippen molar-refractivity contribution in [1.82, 2.24) is 15.3 Å². The number of aliphatic hydroxyl groups excluding tert-OH is 1. The summed E-state index contributed by atoms with van der Waals surface area (Å²) < 4.78 is 0. The maximum atomic E-state index is 12.3. The Morgan fingerprint density at radius 1 is 1.00 bits per heavy atom. The number of rotatable bonds is 8. The van der Waals surface area contributed by atoms with Crippen LogP contribution in [0.1, 0.15) is 27.7 Å². The zero-order valence-electron chi connectivity index (χ0n) is 15.8. The van der Waals surface area contributed by atoms with Gasteiger partial charge in [-0.2, -0.15) is 0 Å². The van der Waals surface area contributed by atoms with Gasteiger partial charge in [0, 0.05) is 0 Å². The molecule has 1 amide bonds. The standard InChI is InChI=1S/C21H20N4O5/c26-16(27)12-23-21(30)18-22-11-15(19(28)25-18)24-20(29)17(13-7-3-1-4-8-13)14-9-5-2-6-10-14/h1-11,17,20,24,29H,12H2,(H,23,30)(H,26,27)(H,22,25,28). The van der Waals surface area contributed by atoms with Gasteiger partial charge in [-0.15, -0.1) is 0 Å². The maximum Gasteiger partial charge on any atom is 0.322 e. The Balaban J connectivity index is 1.82. The number of hydrogen-bond acceptors (Lipinski definition) is 6. The summed E-state index contributed by atoms with van der Waals surface area (Å²) in [6.07, 6.45) is -0.0468. The van der Waals surface area contributed by atoms with Gasteiger partial charge >= 0.3 is 5.97 Å². The van der Waals surface area contributed by atoms with Gasteiger partial charge in [-0.3, -0.25) is 14.4 Å². The highest BCUT2D eigenvalue weighted by atomic mass is 16.4. The Morgan fingerprint density at radius 2 is 1.57 bits per heavy atom. The van der Waals surface area contributed by atoms with Crippen molar-refractivity contribution in [3.8, 4) is 0 Å². The Morgan fingerprint density at radius 3 is 2.07 bits per heavy atom. The number of carbonyl (C=O) groups excluding carboxylic acids is 1. The lowest BCUT2D eigenvalue weighted by atomic mass is 9.89. The van der Waals surface area contributed by atoms with Gasteiger partial charge in [0.1, 0.15) is 18.5 Å². The molecule has 0 aliphatic heterocycles. The zero-order chi connectivity index (χ0) is 21.5. The van der Waals surface area contributed by atoms with E-state index in [1.807, 2.05) is 60.7 Å². The number of nitrogens with one attached hydrogen (secondary N) is 3. The first-order valence-electron chi connectivity index (χ1n) is 9.09. The van der Waals surface area contributed by atoms with E-state index in [4.69, 9.17) is 5.11 Å². The fraction of sp³-hybridized carbons (Fsp3) is 0.143. The summed E-state index contributed by atoms with van der Waals surface area (Å²) in [6, 6.07) is 18.7. The smallest absolute Gasteiger partial charge is 0.322 e. The number of anilines is 1. The largest absolute Gasteiger partial charge is 0.480 e. The highest BCUT2D eigenvalue weighted by Gasteiger charge is 2.24. The number of carbonyl (C=O) groups is 2. The second-order valence-electron chi connectivity index (χ2n) is 6.44. The predicted octanol–water partition coefficient (Wildman–Crippen LogP) is 1.15. The molecule has 0 aliphatic carbocycles. The molecule has 3 rings (SSSR count). The summed E-state index contributed by atoms with van der Waals surface area (Å²) in [7, 11) is 0. The summed E-state index contributed by atoms with van der Waals surface area (Å²) in [5, 5.41) is 24.3. The molecule has 0 spiro atoms. The number of H-pyrrole nitrogens is 1. The molecule has 1 aromatic heterocycles. The maximum absolute atomic E-state index is 12.3. The fourth-order valence-electron chi connectivity index (χ4n) is 2.97. The minimum atomic E-state index is -1.22. The molecule has 0 radical (unpaired) electrons. The topological polar surface area (TPSA) is 144 Å². The second-order valence-corrected chi connectivity index (χ2v) is 6.44. The lowest BCUT2D eigenvalue weighted by Gasteiger charge is -2.25. The van der Waals surface area contributed by atoms with Crippen molar-refractivity contribution in [2.45, 2.75) is 12.1 Å². The first-order chi connectivity index (χ1) is 14.5. The second kappa shape index (κ2) is 9.48. The predicted molar refractivity (Wildman–Crippen MR) is 109 cm³/mol. The van der Waals surface area contributed by atoms with E-state index < -0.39 is 36.1 Å². The Bertz CT molecular complexity index is 1030. The normalized spacial score (nSPS) is 11.7.